The fraction of sp³-hybridized carbons (Fsp3) is 0.429. The van der Waals surface area contributed by atoms with E-state index in [-0.39, 0.29) is 12.2 Å². The van der Waals surface area contributed by atoms with Crippen molar-refractivity contribution in [3.8, 4) is 0 Å². The fourth-order valence-electron chi connectivity index (χ4n) is 2.72. The SMILES string of the molecule is O=C(O)Cc1nc2ccc(F)cn2c1CN1CCCC1. The molecule has 2 aromatic rings. The second kappa shape index (κ2) is 5.20. The number of hydrogen-bond donors (Lipinski definition) is 1. The number of carboxylic acid groups (broad SMARTS) is 1. The highest BCUT2D eigenvalue weighted by atomic mass is 19.1. The topological polar surface area (TPSA) is 57.8 Å². The van der Waals surface area contributed by atoms with Gasteiger partial charge in [-0.3, -0.25) is 14.1 Å². The first-order valence-corrected chi connectivity index (χ1v) is 6.73. The monoisotopic (exact) mass is 277 g/mol. The number of rotatable bonds is 4. The van der Waals surface area contributed by atoms with Crippen LogP contribution in [-0.4, -0.2) is 38.4 Å². The minimum atomic E-state index is -0.920. The smallest absolute Gasteiger partial charge is 0.309 e. The minimum absolute atomic E-state index is 0.132. The van der Waals surface area contributed by atoms with Gasteiger partial charge in [0.2, 0.25) is 0 Å². The van der Waals surface area contributed by atoms with Crippen LogP contribution < -0.4 is 0 Å². The molecule has 0 unspecified atom stereocenters. The highest BCUT2D eigenvalue weighted by Crippen LogP contribution is 2.19. The Morgan fingerprint density at radius 1 is 1.35 bits per heavy atom. The van der Waals surface area contributed by atoms with Crippen molar-refractivity contribution in [3.63, 3.8) is 0 Å². The van der Waals surface area contributed by atoms with Gasteiger partial charge in [0.15, 0.2) is 0 Å². The lowest BCUT2D eigenvalue weighted by molar-refractivity contribution is -0.136. The zero-order chi connectivity index (χ0) is 14.1. The van der Waals surface area contributed by atoms with E-state index in [9.17, 15) is 9.18 Å². The van der Waals surface area contributed by atoms with Gasteiger partial charge < -0.3 is 5.11 Å². The molecular formula is C14H16FN3O2. The Labute approximate surface area is 115 Å². The molecule has 1 saturated heterocycles. The Balaban J connectivity index is 2.03. The fourth-order valence-corrected chi connectivity index (χ4v) is 2.72. The van der Waals surface area contributed by atoms with Crippen molar-refractivity contribution in [2.24, 2.45) is 0 Å². The number of likely N-dealkylation sites (tertiary alicyclic amines) is 1. The van der Waals surface area contributed by atoms with Crippen LogP contribution in [0.25, 0.3) is 5.65 Å². The number of carbonyl (C=O) groups is 1. The number of aliphatic carboxylic acids is 1. The van der Waals surface area contributed by atoms with Crippen molar-refractivity contribution in [2.45, 2.75) is 25.8 Å². The summed E-state index contributed by atoms with van der Waals surface area (Å²) >= 11 is 0. The van der Waals surface area contributed by atoms with Crippen LogP contribution >= 0.6 is 0 Å². The summed E-state index contributed by atoms with van der Waals surface area (Å²) in [7, 11) is 0. The average Bonchev–Trinajstić information content (AvgIpc) is 2.99. The summed E-state index contributed by atoms with van der Waals surface area (Å²) in [5, 5.41) is 9.00. The molecule has 0 atom stereocenters. The molecule has 6 heteroatoms. The molecule has 3 rings (SSSR count). The lowest BCUT2D eigenvalue weighted by atomic mass is 10.2. The molecule has 0 aromatic carbocycles. The third-order valence-electron chi connectivity index (χ3n) is 3.66. The van der Waals surface area contributed by atoms with Crippen LogP contribution in [-0.2, 0) is 17.8 Å². The summed E-state index contributed by atoms with van der Waals surface area (Å²) in [4.78, 5) is 17.5. The van der Waals surface area contributed by atoms with Gasteiger partial charge in [0.1, 0.15) is 11.5 Å². The van der Waals surface area contributed by atoms with Crippen molar-refractivity contribution in [1.29, 1.82) is 0 Å². The Bertz CT molecular complexity index is 647. The van der Waals surface area contributed by atoms with E-state index in [0.29, 0.717) is 17.9 Å². The van der Waals surface area contributed by atoms with Crippen molar-refractivity contribution < 1.29 is 14.3 Å². The number of hydrogen-bond acceptors (Lipinski definition) is 3. The highest BCUT2D eigenvalue weighted by molar-refractivity contribution is 5.70. The molecule has 2 aromatic heterocycles. The maximum Gasteiger partial charge on any atom is 0.309 e. The van der Waals surface area contributed by atoms with Crippen LogP contribution in [0.15, 0.2) is 18.3 Å². The van der Waals surface area contributed by atoms with Crippen LogP contribution in [0.3, 0.4) is 0 Å². The molecule has 106 valence electrons. The summed E-state index contributed by atoms with van der Waals surface area (Å²) < 4.78 is 15.1. The molecule has 1 N–H and O–H groups in total. The molecule has 0 aliphatic carbocycles. The Morgan fingerprint density at radius 2 is 2.10 bits per heavy atom. The zero-order valence-electron chi connectivity index (χ0n) is 11.0. The lowest BCUT2D eigenvalue weighted by Crippen LogP contribution is -2.21. The number of aromatic nitrogens is 2. The molecule has 0 radical (unpaired) electrons. The van der Waals surface area contributed by atoms with Gasteiger partial charge in [0.25, 0.3) is 0 Å². The molecule has 1 aliphatic rings. The van der Waals surface area contributed by atoms with E-state index in [2.05, 4.69) is 9.88 Å². The maximum absolute atomic E-state index is 13.4. The van der Waals surface area contributed by atoms with Crippen LogP contribution in [0.4, 0.5) is 4.39 Å². The van der Waals surface area contributed by atoms with E-state index >= 15 is 0 Å². The molecule has 0 saturated carbocycles. The molecule has 0 bridgehead atoms. The molecule has 5 nitrogen and oxygen atoms in total. The van der Waals surface area contributed by atoms with Gasteiger partial charge in [-0.05, 0) is 38.1 Å². The zero-order valence-corrected chi connectivity index (χ0v) is 11.0. The normalized spacial score (nSPS) is 16.1. The van der Waals surface area contributed by atoms with Crippen LogP contribution in [0.1, 0.15) is 24.2 Å². The Hall–Kier alpha value is -1.95. The standard InChI is InChI=1S/C14H16FN3O2/c15-10-3-4-13-16-11(7-14(19)20)12(18(13)8-10)9-17-5-1-2-6-17/h3-4,8H,1-2,5-7,9H2,(H,19,20). The van der Waals surface area contributed by atoms with E-state index in [1.165, 1.54) is 12.3 Å². The molecule has 20 heavy (non-hydrogen) atoms. The van der Waals surface area contributed by atoms with E-state index in [0.717, 1.165) is 31.6 Å². The van der Waals surface area contributed by atoms with Crippen LogP contribution in [0, 0.1) is 5.82 Å². The highest BCUT2D eigenvalue weighted by Gasteiger charge is 2.19. The summed E-state index contributed by atoms with van der Waals surface area (Å²) in [6, 6.07) is 2.92. The summed E-state index contributed by atoms with van der Waals surface area (Å²) in [6.07, 6.45) is 3.55. The number of nitrogens with zero attached hydrogens (tertiary/aromatic N) is 3. The first-order valence-electron chi connectivity index (χ1n) is 6.73. The van der Waals surface area contributed by atoms with Crippen molar-refractivity contribution in [3.05, 3.63) is 35.5 Å². The van der Waals surface area contributed by atoms with E-state index in [1.54, 1.807) is 10.5 Å². The molecule has 3 heterocycles. The van der Waals surface area contributed by atoms with E-state index in [1.807, 2.05) is 0 Å². The number of carboxylic acids is 1. The third-order valence-corrected chi connectivity index (χ3v) is 3.66. The predicted molar refractivity (Wildman–Crippen MR) is 71.0 cm³/mol. The molecule has 1 fully saturated rings. The molecule has 1 aliphatic heterocycles. The summed E-state index contributed by atoms with van der Waals surface area (Å²) in [5.41, 5.74) is 1.90. The van der Waals surface area contributed by atoms with Crippen LogP contribution in [0.5, 0.6) is 0 Å². The summed E-state index contributed by atoms with van der Waals surface area (Å²) in [5.74, 6) is -1.27. The van der Waals surface area contributed by atoms with Gasteiger partial charge in [0, 0.05) is 12.7 Å². The van der Waals surface area contributed by atoms with Crippen molar-refractivity contribution in [2.75, 3.05) is 13.1 Å². The molecular weight excluding hydrogens is 261 g/mol. The quantitative estimate of drug-likeness (QED) is 0.924. The maximum atomic E-state index is 13.4. The number of pyridine rings is 1. The van der Waals surface area contributed by atoms with Gasteiger partial charge in [-0.25, -0.2) is 9.37 Å². The average molecular weight is 277 g/mol. The summed E-state index contributed by atoms with van der Waals surface area (Å²) in [6.45, 7) is 2.61. The Morgan fingerprint density at radius 3 is 2.80 bits per heavy atom. The second-order valence-corrected chi connectivity index (χ2v) is 5.13. The van der Waals surface area contributed by atoms with Gasteiger partial charge in [-0.15, -0.1) is 0 Å². The van der Waals surface area contributed by atoms with Gasteiger partial charge in [-0.2, -0.15) is 0 Å². The van der Waals surface area contributed by atoms with Gasteiger partial charge in [-0.1, -0.05) is 0 Å². The number of imidazole rings is 1. The number of fused-ring (bicyclic) bond motifs is 1. The number of halogens is 1. The minimum Gasteiger partial charge on any atom is -0.481 e. The lowest BCUT2D eigenvalue weighted by Gasteiger charge is -2.15. The van der Waals surface area contributed by atoms with Gasteiger partial charge >= 0.3 is 5.97 Å². The molecule has 0 spiro atoms. The van der Waals surface area contributed by atoms with E-state index < -0.39 is 5.97 Å². The first-order chi connectivity index (χ1) is 9.63. The van der Waals surface area contributed by atoms with Crippen molar-refractivity contribution in [1.82, 2.24) is 14.3 Å². The van der Waals surface area contributed by atoms with Crippen molar-refractivity contribution >= 4 is 11.6 Å². The predicted octanol–water partition coefficient (Wildman–Crippen LogP) is 1.70. The Kier molecular flexibility index (Phi) is 3.40. The van der Waals surface area contributed by atoms with E-state index in [4.69, 9.17) is 5.11 Å². The second-order valence-electron chi connectivity index (χ2n) is 5.13. The van der Waals surface area contributed by atoms with Crippen LogP contribution in [0.2, 0.25) is 0 Å². The first kappa shape index (κ1) is 13.1. The van der Waals surface area contributed by atoms with Gasteiger partial charge in [0.05, 0.1) is 17.8 Å². The third kappa shape index (κ3) is 2.51. The molecule has 0 amide bonds. The largest absolute Gasteiger partial charge is 0.481 e.